The van der Waals surface area contributed by atoms with E-state index >= 15 is 0 Å². The van der Waals surface area contributed by atoms with E-state index in [2.05, 4.69) is 10.6 Å². The van der Waals surface area contributed by atoms with Gasteiger partial charge in [0.25, 0.3) is 0 Å². The number of carbonyl (C=O) groups is 2. The van der Waals surface area contributed by atoms with Crippen molar-refractivity contribution in [1.29, 1.82) is 0 Å². The van der Waals surface area contributed by atoms with E-state index in [1.165, 1.54) is 25.7 Å². The zero-order valence-corrected chi connectivity index (χ0v) is 18.8. The normalized spacial score (nSPS) is 19.6. The van der Waals surface area contributed by atoms with E-state index in [0.29, 0.717) is 29.6 Å². The Balaban J connectivity index is 1.69. The van der Waals surface area contributed by atoms with Gasteiger partial charge >= 0.3 is 5.97 Å². The second-order valence-corrected chi connectivity index (χ2v) is 8.41. The third-order valence-electron chi connectivity index (χ3n) is 6.03. The van der Waals surface area contributed by atoms with Crippen LogP contribution in [0.2, 0.25) is 0 Å². The summed E-state index contributed by atoms with van der Waals surface area (Å²) in [7, 11) is 1.82. The predicted molar refractivity (Wildman–Crippen MR) is 122 cm³/mol. The number of esters is 1. The van der Waals surface area contributed by atoms with Gasteiger partial charge in [-0.25, -0.2) is 4.79 Å². The fourth-order valence-corrected chi connectivity index (χ4v) is 4.43. The Morgan fingerprint density at radius 3 is 2.53 bits per heavy atom. The van der Waals surface area contributed by atoms with E-state index in [-0.39, 0.29) is 17.9 Å². The van der Waals surface area contributed by atoms with E-state index in [1.54, 1.807) is 11.8 Å². The van der Waals surface area contributed by atoms with Crippen LogP contribution in [-0.2, 0) is 14.3 Å². The van der Waals surface area contributed by atoms with Crippen molar-refractivity contribution < 1.29 is 14.3 Å². The van der Waals surface area contributed by atoms with E-state index in [1.807, 2.05) is 38.2 Å². The Hall–Kier alpha value is -2.41. The molecule has 0 radical (unpaired) electrons. The lowest BCUT2D eigenvalue weighted by Crippen LogP contribution is -2.46. The molecule has 7 heteroatoms. The second-order valence-electron chi connectivity index (χ2n) is 8.02. The van der Waals surface area contributed by atoms with Gasteiger partial charge in [-0.05, 0) is 56.1 Å². The number of nitrogens with zero attached hydrogens (tertiary/aromatic N) is 1. The molecule has 2 N–H and O–H groups in total. The number of nitrogens with one attached hydrogen (secondary N) is 2. The number of benzene rings is 1. The maximum Gasteiger partial charge on any atom is 0.338 e. The highest BCUT2D eigenvalue weighted by atomic mass is 32.1. The molecule has 1 aliphatic heterocycles. The average molecular weight is 430 g/mol. The number of amides is 1. The van der Waals surface area contributed by atoms with Gasteiger partial charge in [0.1, 0.15) is 0 Å². The fraction of sp³-hybridized carbons (Fsp3) is 0.522. The van der Waals surface area contributed by atoms with Crippen LogP contribution in [0.1, 0.15) is 64.0 Å². The standard InChI is InChI=1S/C23H31N3O3S/c1-4-29-22(28)20-15(2)26(3)23(30)25-21(20)17-10-12-18(13-11-17)24-19(27)14-9-16-7-5-6-8-16/h10-13,16,21H,4-9,14H2,1-3H3,(H,24,27)(H,25,30)/t21-/m0/s1. The summed E-state index contributed by atoms with van der Waals surface area (Å²) in [5.41, 5.74) is 2.95. The first kappa shape index (κ1) is 22.3. The van der Waals surface area contributed by atoms with Crippen LogP contribution < -0.4 is 10.6 Å². The zero-order chi connectivity index (χ0) is 21.7. The first-order valence-corrected chi connectivity index (χ1v) is 11.1. The number of carbonyl (C=O) groups excluding carboxylic acids is 2. The summed E-state index contributed by atoms with van der Waals surface area (Å²) in [5, 5.41) is 6.75. The molecule has 2 aliphatic rings. The Morgan fingerprint density at radius 1 is 1.23 bits per heavy atom. The molecule has 3 rings (SSSR count). The SMILES string of the molecule is CCOC(=O)C1=C(C)N(C)C(=S)N[C@H]1c1ccc(NC(=O)CCC2CCCC2)cc1. The average Bonchev–Trinajstić information content (AvgIpc) is 3.24. The van der Waals surface area contributed by atoms with Crippen LogP contribution in [0.25, 0.3) is 0 Å². The Labute approximate surface area is 184 Å². The van der Waals surface area contributed by atoms with Crippen molar-refractivity contribution in [2.75, 3.05) is 19.0 Å². The lowest BCUT2D eigenvalue weighted by molar-refractivity contribution is -0.139. The number of hydrogen-bond donors (Lipinski definition) is 2. The van der Waals surface area contributed by atoms with Crippen molar-refractivity contribution in [3.63, 3.8) is 0 Å². The summed E-state index contributed by atoms with van der Waals surface area (Å²) in [5.74, 6) is 0.399. The number of ether oxygens (including phenoxy) is 1. The van der Waals surface area contributed by atoms with Crippen molar-refractivity contribution in [1.82, 2.24) is 10.2 Å². The van der Waals surface area contributed by atoms with E-state index in [4.69, 9.17) is 17.0 Å². The van der Waals surface area contributed by atoms with Crippen LogP contribution in [0.4, 0.5) is 5.69 Å². The van der Waals surface area contributed by atoms with Crippen LogP contribution in [0, 0.1) is 5.92 Å². The fourth-order valence-electron chi connectivity index (χ4n) is 4.18. The molecule has 1 aliphatic carbocycles. The maximum absolute atomic E-state index is 12.6. The summed E-state index contributed by atoms with van der Waals surface area (Å²) in [6.07, 6.45) is 6.63. The molecule has 0 aromatic heterocycles. The molecule has 1 amide bonds. The third-order valence-corrected chi connectivity index (χ3v) is 6.42. The number of anilines is 1. The molecule has 1 heterocycles. The quantitative estimate of drug-likeness (QED) is 0.498. The monoisotopic (exact) mass is 429 g/mol. The molecule has 1 fully saturated rings. The van der Waals surface area contributed by atoms with Crippen LogP contribution in [0.5, 0.6) is 0 Å². The van der Waals surface area contributed by atoms with Crippen LogP contribution in [-0.4, -0.2) is 35.5 Å². The topological polar surface area (TPSA) is 70.7 Å². The van der Waals surface area contributed by atoms with Gasteiger partial charge in [0.2, 0.25) is 5.91 Å². The van der Waals surface area contributed by atoms with Crippen LogP contribution in [0.3, 0.4) is 0 Å². The van der Waals surface area contributed by atoms with Gasteiger partial charge in [-0.2, -0.15) is 0 Å². The number of hydrogen-bond acceptors (Lipinski definition) is 4. The minimum atomic E-state index is -0.389. The molecule has 162 valence electrons. The molecule has 1 aromatic carbocycles. The van der Waals surface area contributed by atoms with Gasteiger partial charge in [-0.1, -0.05) is 37.8 Å². The van der Waals surface area contributed by atoms with Gasteiger partial charge < -0.3 is 20.3 Å². The van der Waals surface area contributed by atoms with Gasteiger partial charge in [-0.15, -0.1) is 0 Å². The minimum absolute atomic E-state index is 0.0520. The lowest BCUT2D eigenvalue weighted by Gasteiger charge is -2.35. The molecule has 1 aromatic rings. The summed E-state index contributed by atoms with van der Waals surface area (Å²) < 4.78 is 5.27. The first-order chi connectivity index (χ1) is 14.4. The van der Waals surface area contributed by atoms with Gasteiger partial charge in [0.15, 0.2) is 5.11 Å². The zero-order valence-electron chi connectivity index (χ0n) is 18.0. The molecule has 30 heavy (non-hydrogen) atoms. The van der Waals surface area contributed by atoms with E-state index in [0.717, 1.165) is 23.4 Å². The first-order valence-electron chi connectivity index (χ1n) is 10.7. The summed E-state index contributed by atoms with van der Waals surface area (Å²) in [4.78, 5) is 26.6. The molecule has 1 saturated carbocycles. The molecule has 6 nitrogen and oxygen atoms in total. The van der Waals surface area contributed by atoms with Crippen LogP contribution in [0.15, 0.2) is 35.5 Å². The highest BCUT2D eigenvalue weighted by Crippen LogP contribution is 2.32. The number of rotatable bonds is 7. The van der Waals surface area contributed by atoms with E-state index < -0.39 is 0 Å². The summed E-state index contributed by atoms with van der Waals surface area (Å²) in [6, 6.07) is 7.16. The van der Waals surface area contributed by atoms with Gasteiger partial charge in [0.05, 0.1) is 18.2 Å². The second kappa shape index (κ2) is 10.1. The van der Waals surface area contributed by atoms with Crippen LogP contribution >= 0.6 is 12.2 Å². The molecule has 0 spiro atoms. The van der Waals surface area contributed by atoms with Crippen molar-refractivity contribution in [3.05, 3.63) is 41.1 Å². The summed E-state index contributed by atoms with van der Waals surface area (Å²) >= 11 is 5.42. The maximum atomic E-state index is 12.6. The van der Waals surface area contributed by atoms with Crippen molar-refractivity contribution >= 4 is 34.9 Å². The van der Waals surface area contributed by atoms with Crippen molar-refractivity contribution in [3.8, 4) is 0 Å². The molecular weight excluding hydrogens is 398 g/mol. The molecular formula is C23H31N3O3S. The largest absolute Gasteiger partial charge is 0.463 e. The molecule has 0 bridgehead atoms. The van der Waals surface area contributed by atoms with Crippen molar-refractivity contribution in [2.45, 2.75) is 58.4 Å². The highest BCUT2D eigenvalue weighted by Gasteiger charge is 2.33. The smallest absolute Gasteiger partial charge is 0.338 e. The molecule has 1 atom stereocenters. The predicted octanol–water partition coefficient (Wildman–Crippen LogP) is 4.29. The third kappa shape index (κ3) is 5.19. The highest BCUT2D eigenvalue weighted by molar-refractivity contribution is 7.80. The van der Waals surface area contributed by atoms with Gasteiger partial charge in [-0.3, -0.25) is 4.79 Å². The van der Waals surface area contributed by atoms with Crippen molar-refractivity contribution in [2.24, 2.45) is 5.92 Å². The molecule has 0 saturated heterocycles. The lowest BCUT2D eigenvalue weighted by atomic mass is 9.95. The number of thiocarbonyl (C=S) groups is 1. The number of allylic oxidation sites excluding steroid dienone is 1. The molecule has 0 unspecified atom stereocenters. The Bertz CT molecular complexity index is 829. The minimum Gasteiger partial charge on any atom is -0.463 e. The summed E-state index contributed by atoms with van der Waals surface area (Å²) in [6.45, 7) is 3.96. The van der Waals surface area contributed by atoms with Gasteiger partial charge in [0, 0.05) is 24.9 Å². The Morgan fingerprint density at radius 2 is 1.90 bits per heavy atom. The Kier molecular flexibility index (Phi) is 7.48. The van der Waals surface area contributed by atoms with E-state index in [9.17, 15) is 9.59 Å².